The van der Waals surface area contributed by atoms with Crippen LogP contribution in [0.15, 0.2) is 70.7 Å². The average molecular weight is 447 g/mol. The van der Waals surface area contributed by atoms with Gasteiger partial charge in [0.2, 0.25) is 5.91 Å². The summed E-state index contributed by atoms with van der Waals surface area (Å²) < 4.78 is 1.64. The van der Waals surface area contributed by atoms with Crippen LogP contribution in [-0.4, -0.2) is 26.2 Å². The molecule has 0 fully saturated rings. The lowest BCUT2D eigenvalue weighted by atomic mass is 10.1. The highest BCUT2D eigenvalue weighted by molar-refractivity contribution is 7.99. The van der Waals surface area contributed by atoms with Crippen molar-refractivity contribution in [1.82, 2.24) is 14.5 Å². The molecular weight excluding hydrogens is 420 g/mol. The summed E-state index contributed by atoms with van der Waals surface area (Å²) in [6.45, 7) is 5.97. The van der Waals surface area contributed by atoms with Gasteiger partial charge in [0.25, 0.3) is 5.56 Å². The smallest absolute Gasteiger partial charge is 0.278 e. The molecule has 2 aromatic carbocycles. The number of thioether (sulfide) groups is 1. The van der Waals surface area contributed by atoms with E-state index in [-0.39, 0.29) is 23.3 Å². The lowest BCUT2D eigenvalue weighted by molar-refractivity contribution is -0.113. The first-order valence-electron chi connectivity index (χ1n) is 10.7. The highest BCUT2D eigenvalue weighted by Gasteiger charge is 2.19. The van der Waals surface area contributed by atoms with E-state index in [1.54, 1.807) is 4.57 Å². The Kier molecular flexibility index (Phi) is 6.46. The largest absolute Gasteiger partial charge is 0.355 e. The minimum atomic E-state index is -0.138. The fourth-order valence-electron chi connectivity index (χ4n) is 3.60. The molecule has 0 spiro atoms. The monoisotopic (exact) mass is 446 g/mol. The van der Waals surface area contributed by atoms with Gasteiger partial charge in [0.05, 0.1) is 5.75 Å². The minimum absolute atomic E-state index is 0.0879. The van der Waals surface area contributed by atoms with Gasteiger partial charge in [-0.15, -0.1) is 0 Å². The van der Waals surface area contributed by atoms with Crippen molar-refractivity contribution in [3.8, 4) is 11.1 Å². The maximum absolute atomic E-state index is 13.2. The zero-order valence-corrected chi connectivity index (χ0v) is 19.2. The van der Waals surface area contributed by atoms with E-state index < -0.39 is 0 Å². The molecule has 2 N–H and O–H groups in total. The van der Waals surface area contributed by atoms with Crippen LogP contribution in [0.2, 0.25) is 0 Å². The van der Waals surface area contributed by atoms with Gasteiger partial charge >= 0.3 is 0 Å². The number of nitrogens with one attached hydrogen (secondary N) is 2. The summed E-state index contributed by atoms with van der Waals surface area (Å²) in [5.74, 6) is 0.0203. The number of carbonyl (C=O) groups is 1. The molecular formula is C25H26N4O2S. The Morgan fingerprint density at radius 3 is 2.50 bits per heavy atom. The second kappa shape index (κ2) is 9.44. The number of amides is 1. The van der Waals surface area contributed by atoms with Gasteiger partial charge in [0.1, 0.15) is 11.0 Å². The molecule has 2 aromatic heterocycles. The van der Waals surface area contributed by atoms with Crippen LogP contribution in [0.5, 0.6) is 0 Å². The van der Waals surface area contributed by atoms with Crippen molar-refractivity contribution in [3.63, 3.8) is 0 Å². The molecule has 0 atom stereocenters. The Balaban J connectivity index is 1.62. The van der Waals surface area contributed by atoms with Gasteiger partial charge in [0.15, 0.2) is 5.16 Å². The van der Waals surface area contributed by atoms with E-state index in [2.05, 4.69) is 17.2 Å². The molecule has 0 aliphatic heterocycles. The van der Waals surface area contributed by atoms with Gasteiger partial charge in [-0.1, -0.05) is 61.2 Å². The van der Waals surface area contributed by atoms with Crippen molar-refractivity contribution >= 4 is 34.4 Å². The lowest BCUT2D eigenvalue weighted by Crippen LogP contribution is -2.25. The van der Waals surface area contributed by atoms with Gasteiger partial charge in [-0.2, -0.15) is 0 Å². The Hall–Kier alpha value is -3.32. The van der Waals surface area contributed by atoms with Gasteiger partial charge in [-0.3, -0.25) is 14.2 Å². The summed E-state index contributed by atoms with van der Waals surface area (Å²) in [4.78, 5) is 33.7. The van der Waals surface area contributed by atoms with Gasteiger partial charge in [-0.05, 0) is 43.5 Å². The fraction of sp³-hybridized carbons (Fsp3) is 0.240. The minimum Gasteiger partial charge on any atom is -0.355 e. The van der Waals surface area contributed by atoms with Crippen LogP contribution in [0.3, 0.4) is 0 Å². The highest BCUT2D eigenvalue weighted by Crippen LogP contribution is 2.28. The molecule has 4 rings (SSSR count). The second-order valence-electron chi connectivity index (χ2n) is 7.84. The molecule has 0 aliphatic carbocycles. The molecule has 4 aromatic rings. The molecule has 7 heteroatoms. The predicted molar refractivity (Wildman–Crippen MR) is 131 cm³/mol. The van der Waals surface area contributed by atoms with E-state index in [0.29, 0.717) is 16.2 Å². The summed E-state index contributed by atoms with van der Waals surface area (Å²) in [5, 5.41) is 3.45. The number of anilines is 1. The molecule has 0 saturated heterocycles. The number of carbonyl (C=O) groups excluding carboxylic acids is 1. The molecule has 6 nitrogen and oxygen atoms in total. The Morgan fingerprint density at radius 2 is 1.84 bits per heavy atom. The maximum atomic E-state index is 13.2. The van der Waals surface area contributed by atoms with Crippen molar-refractivity contribution in [1.29, 1.82) is 0 Å². The van der Waals surface area contributed by atoms with Crippen LogP contribution in [0.25, 0.3) is 22.2 Å². The van der Waals surface area contributed by atoms with Crippen molar-refractivity contribution in [2.24, 2.45) is 0 Å². The topological polar surface area (TPSA) is 79.8 Å². The fourth-order valence-corrected chi connectivity index (χ4v) is 4.52. The number of nitrogens with zero attached hydrogens (tertiary/aromatic N) is 2. The third kappa shape index (κ3) is 4.48. The molecule has 0 radical (unpaired) electrons. The number of hydrogen-bond donors (Lipinski definition) is 2. The van der Waals surface area contributed by atoms with Crippen LogP contribution < -0.4 is 10.9 Å². The first-order valence-corrected chi connectivity index (χ1v) is 11.7. The van der Waals surface area contributed by atoms with Crippen molar-refractivity contribution in [2.45, 2.75) is 38.4 Å². The quantitative estimate of drug-likeness (QED) is 0.300. The first-order chi connectivity index (χ1) is 15.5. The Bertz CT molecular complexity index is 1290. The normalized spacial score (nSPS) is 11.2. The Morgan fingerprint density at radius 1 is 1.12 bits per heavy atom. The standard InChI is InChI=1S/C25H26N4O2S/c1-4-17-10-12-19(13-11-17)27-21(30)15-32-25-28-22-20(18-8-6-5-7-9-18)14-26-23(22)24(31)29(25)16(2)3/h5-14,16,26H,4,15H2,1-3H3,(H,27,30). The number of H-pyrrole nitrogens is 1. The van der Waals surface area contributed by atoms with Crippen molar-refractivity contribution < 1.29 is 4.79 Å². The Labute approximate surface area is 191 Å². The van der Waals surface area contributed by atoms with E-state index in [1.165, 1.54) is 17.3 Å². The van der Waals surface area contributed by atoms with Crippen molar-refractivity contribution in [3.05, 3.63) is 76.7 Å². The maximum Gasteiger partial charge on any atom is 0.278 e. The number of aromatic amines is 1. The van der Waals surface area contributed by atoms with E-state index in [1.807, 2.05) is 74.6 Å². The van der Waals surface area contributed by atoms with Crippen molar-refractivity contribution in [2.75, 3.05) is 11.1 Å². The first kappa shape index (κ1) is 21.9. The number of rotatable bonds is 7. The summed E-state index contributed by atoms with van der Waals surface area (Å²) in [5.41, 5.74) is 4.79. The van der Waals surface area contributed by atoms with Gasteiger partial charge in [-0.25, -0.2) is 4.98 Å². The molecule has 164 valence electrons. The van der Waals surface area contributed by atoms with E-state index >= 15 is 0 Å². The third-order valence-electron chi connectivity index (χ3n) is 5.28. The summed E-state index contributed by atoms with van der Waals surface area (Å²) in [7, 11) is 0. The molecule has 0 bridgehead atoms. The summed E-state index contributed by atoms with van der Waals surface area (Å²) in [6.07, 6.45) is 2.77. The predicted octanol–water partition coefficient (Wildman–Crippen LogP) is 5.27. The molecule has 0 saturated carbocycles. The van der Waals surface area contributed by atoms with Crippen LogP contribution in [0, 0.1) is 0 Å². The molecule has 32 heavy (non-hydrogen) atoms. The van der Waals surface area contributed by atoms with Crippen LogP contribution in [0.4, 0.5) is 5.69 Å². The molecule has 0 aliphatic rings. The number of aryl methyl sites for hydroxylation is 1. The zero-order valence-electron chi connectivity index (χ0n) is 18.4. The van der Waals surface area contributed by atoms with Crippen LogP contribution in [-0.2, 0) is 11.2 Å². The summed E-state index contributed by atoms with van der Waals surface area (Å²) >= 11 is 1.27. The van der Waals surface area contributed by atoms with E-state index in [0.717, 1.165) is 23.2 Å². The average Bonchev–Trinajstić information content (AvgIpc) is 3.23. The molecule has 2 heterocycles. The van der Waals surface area contributed by atoms with Gasteiger partial charge < -0.3 is 10.3 Å². The van der Waals surface area contributed by atoms with Crippen LogP contribution >= 0.6 is 11.8 Å². The molecule has 0 unspecified atom stereocenters. The van der Waals surface area contributed by atoms with E-state index in [9.17, 15) is 9.59 Å². The van der Waals surface area contributed by atoms with Gasteiger partial charge in [0, 0.05) is 23.5 Å². The zero-order chi connectivity index (χ0) is 22.7. The third-order valence-corrected chi connectivity index (χ3v) is 6.23. The lowest BCUT2D eigenvalue weighted by Gasteiger charge is -2.15. The SMILES string of the molecule is CCc1ccc(NC(=O)CSc2nc3c(-c4ccccc4)c[nH]c3c(=O)n2C(C)C)cc1. The number of benzene rings is 2. The highest BCUT2D eigenvalue weighted by atomic mass is 32.2. The number of aromatic nitrogens is 3. The molecule has 1 amide bonds. The number of fused-ring (bicyclic) bond motifs is 1. The van der Waals surface area contributed by atoms with Crippen LogP contribution in [0.1, 0.15) is 32.4 Å². The van der Waals surface area contributed by atoms with E-state index in [4.69, 9.17) is 4.98 Å². The summed E-state index contributed by atoms with van der Waals surface area (Å²) in [6, 6.07) is 17.6. The number of hydrogen-bond acceptors (Lipinski definition) is 4. The second-order valence-corrected chi connectivity index (χ2v) is 8.79.